The van der Waals surface area contributed by atoms with Crippen LogP contribution in [-0.4, -0.2) is 50.2 Å². The third-order valence-electron chi connectivity index (χ3n) is 5.16. The molecule has 0 aliphatic carbocycles. The first-order valence-electron chi connectivity index (χ1n) is 9.70. The van der Waals surface area contributed by atoms with E-state index in [4.69, 9.17) is 4.74 Å². The van der Waals surface area contributed by atoms with Crippen LogP contribution in [0.15, 0.2) is 42.5 Å². The molecular weight excluding hydrogens is 420 g/mol. The molecule has 1 heterocycles. The zero-order chi connectivity index (χ0) is 22.9. The van der Waals surface area contributed by atoms with Gasteiger partial charge in [0.15, 0.2) is 21.7 Å². The number of ether oxygens (including phenoxy) is 1. The normalized spacial score (nSPS) is 16.8. The minimum absolute atomic E-state index is 0.117. The van der Waals surface area contributed by atoms with Crippen LogP contribution < -0.4 is 15.0 Å². The third kappa shape index (κ3) is 4.77. The zero-order valence-electron chi connectivity index (χ0n) is 17.7. The van der Waals surface area contributed by atoms with Gasteiger partial charge in [0, 0.05) is 18.3 Å². The number of aryl methyl sites for hydroxylation is 1. The van der Waals surface area contributed by atoms with Crippen molar-refractivity contribution < 1.29 is 27.5 Å². The van der Waals surface area contributed by atoms with E-state index in [9.17, 15) is 22.8 Å². The fraction of sp³-hybridized carbons (Fsp3) is 0.318. The molecule has 2 aromatic carbocycles. The summed E-state index contributed by atoms with van der Waals surface area (Å²) in [6.07, 6.45) is -0.648. The molecule has 9 heteroatoms. The summed E-state index contributed by atoms with van der Waals surface area (Å²) in [7, 11) is -2.50. The van der Waals surface area contributed by atoms with Gasteiger partial charge < -0.3 is 15.0 Å². The van der Waals surface area contributed by atoms with Gasteiger partial charge >= 0.3 is 0 Å². The molecule has 0 spiro atoms. The maximum Gasteiger partial charge on any atom is 0.267 e. The number of sulfone groups is 1. The van der Waals surface area contributed by atoms with Gasteiger partial charge in [0.25, 0.3) is 5.91 Å². The third-order valence-corrected chi connectivity index (χ3v) is 7.12. The van der Waals surface area contributed by atoms with Gasteiger partial charge in [-0.2, -0.15) is 0 Å². The van der Waals surface area contributed by atoms with E-state index in [-0.39, 0.29) is 11.5 Å². The highest BCUT2D eigenvalue weighted by atomic mass is 32.2. The molecule has 0 saturated carbocycles. The standard InChI is InChI=1S/C22H24N2O6S/c1-13-5-8-17(9-6-13)23-20(25)12-31(28,29)15(3)21(26)16-7-10-19-18(11-16)24(4)22(27)14(2)30-19/h5-11,14-15H,12H2,1-4H3,(H,23,25). The van der Waals surface area contributed by atoms with E-state index >= 15 is 0 Å². The summed E-state index contributed by atoms with van der Waals surface area (Å²) in [6, 6.07) is 11.3. The van der Waals surface area contributed by atoms with Crippen LogP contribution in [0.3, 0.4) is 0 Å². The van der Waals surface area contributed by atoms with Crippen LogP contribution in [0.2, 0.25) is 0 Å². The molecule has 2 atom stereocenters. The number of ketones is 1. The summed E-state index contributed by atoms with van der Waals surface area (Å²) in [6.45, 7) is 4.77. The van der Waals surface area contributed by atoms with Crippen LogP contribution >= 0.6 is 0 Å². The smallest absolute Gasteiger partial charge is 0.267 e. The van der Waals surface area contributed by atoms with Crippen molar-refractivity contribution in [2.75, 3.05) is 23.0 Å². The molecule has 0 aromatic heterocycles. The van der Waals surface area contributed by atoms with Gasteiger partial charge in [0.2, 0.25) is 5.91 Å². The number of carbonyl (C=O) groups is 3. The highest BCUT2D eigenvalue weighted by Gasteiger charge is 2.33. The molecule has 3 rings (SSSR count). The Labute approximate surface area is 181 Å². The lowest BCUT2D eigenvalue weighted by Crippen LogP contribution is -2.42. The minimum atomic E-state index is -4.06. The number of fused-ring (bicyclic) bond motifs is 1. The van der Waals surface area contributed by atoms with Crippen LogP contribution in [0.1, 0.15) is 29.8 Å². The second-order valence-corrected chi connectivity index (χ2v) is 9.89. The number of likely N-dealkylation sites (N-methyl/N-ethyl adjacent to an activating group) is 1. The number of hydrogen-bond donors (Lipinski definition) is 1. The number of benzene rings is 2. The Bertz CT molecular complexity index is 1140. The fourth-order valence-corrected chi connectivity index (χ4v) is 4.35. The second-order valence-electron chi connectivity index (χ2n) is 7.57. The van der Waals surface area contributed by atoms with Gasteiger partial charge in [-0.1, -0.05) is 17.7 Å². The molecule has 1 N–H and O–H groups in total. The van der Waals surface area contributed by atoms with Crippen LogP contribution in [0.5, 0.6) is 5.75 Å². The Morgan fingerprint density at radius 3 is 2.45 bits per heavy atom. The highest BCUT2D eigenvalue weighted by Crippen LogP contribution is 2.34. The molecule has 8 nitrogen and oxygen atoms in total. The summed E-state index contributed by atoms with van der Waals surface area (Å²) in [5, 5.41) is 1.09. The van der Waals surface area contributed by atoms with Gasteiger partial charge in [-0.25, -0.2) is 8.42 Å². The highest BCUT2D eigenvalue weighted by molar-refractivity contribution is 7.93. The summed E-state index contributed by atoms with van der Waals surface area (Å²) in [5.74, 6) is -2.05. The van der Waals surface area contributed by atoms with Gasteiger partial charge in [-0.15, -0.1) is 0 Å². The first-order valence-corrected chi connectivity index (χ1v) is 11.4. The van der Waals surface area contributed by atoms with Gasteiger partial charge in [0.1, 0.15) is 16.8 Å². The van der Waals surface area contributed by atoms with Crippen molar-refractivity contribution in [1.82, 2.24) is 0 Å². The lowest BCUT2D eigenvalue weighted by Gasteiger charge is -2.30. The summed E-state index contributed by atoms with van der Waals surface area (Å²) >= 11 is 0. The van der Waals surface area contributed by atoms with Gasteiger partial charge in [-0.05, 0) is 51.1 Å². The minimum Gasteiger partial charge on any atom is -0.479 e. The molecule has 1 aliphatic heterocycles. The molecular formula is C22H24N2O6S. The predicted octanol–water partition coefficient (Wildman–Crippen LogP) is 2.36. The van der Waals surface area contributed by atoms with E-state index in [2.05, 4.69) is 5.32 Å². The number of Topliss-reactive ketones (excluding diaryl/α,β-unsaturated/α-hetero) is 1. The second kappa shape index (κ2) is 8.50. The number of nitrogens with one attached hydrogen (secondary N) is 1. The van der Waals surface area contributed by atoms with E-state index in [0.29, 0.717) is 17.1 Å². The van der Waals surface area contributed by atoms with Crippen molar-refractivity contribution in [1.29, 1.82) is 0 Å². The van der Waals surface area contributed by atoms with E-state index in [1.807, 2.05) is 6.92 Å². The van der Waals surface area contributed by atoms with Crippen LogP contribution in [0.25, 0.3) is 0 Å². The zero-order valence-corrected chi connectivity index (χ0v) is 18.5. The Hall–Kier alpha value is -3.20. The monoisotopic (exact) mass is 444 g/mol. The number of carbonyl (C=O) groups excluding carboxylic acids is 3. The number of nitrogens with zero attached hydrogens (tertiary/aromatic N) is 1. The quantitative estimate of drug-likeness (QED) is 0.685. The molecule has 164 valence electrons. The molecule has 0 bridgehead atoms. The summed E-state index contributed by atoms with van der Waals surface area (Å²) in [5.41, 5.74) is 1.98. The van der Waals surface area contributed by atoms with Crippen molar-refractivity contribution in [3.05, 3.63) is 53.6 Å². The average Bonchev–Trinajstić information content (AvgIpc) is 2.72. The van der Waals surface area contributed by atoms with E-state index in [1.165, 1.54) is 30.0 Å². The van der Waals surface area contributed by atoms with Gasteiger partial charge in [0.05, 0.1) is 5.69 Å². The van der Waals surface area contributed by atoms with Crippen molar-refractivity contribution in [3.8, 4) is 5.75 Å². The number of rotatable bonds is 6. The maximum absolute atomic E-state index is 12.9. The SMILES string of the molecule is Cc1ccc(NC(=O)CS(=O)(=O)C(C)C(=O)c2ccc3c(c2)N(C)C(=O)C(C)O3)cc1. The fourth-order valence-electron chi connectivity index (χ4n) is 3.20. The van der Waals surface area contributed by atoms with E-state index in [0.717, 1.165) is 5.56 Å². The van der Waals surface area contributed by atoms with E-state index < -0.39 is 38.6 Å². The molecule has 2 unspecified atom stereocenters. The van der Waals surface area contributed by atoms with Crippen LogP contribution in [0, 0.1) is 6.92 Å². The van der Waals surface area contributed by atoms with Gasteiger partial charge in [-0.3, -0.25) is 14.4 Å². The average molecular weight is 445 g/mol. The Morgan fingerprint density at radius 1 is 1.16 bits per heavy atom. The van der Waals surface area contributed by atoms with Crippen molar-refractivity contribution in [3.63, 3.8) is 0 Å². The Morgan fingerprint density at radius 2 is 1.81 bits per heavy atom. The molecule has 2 amide bonds. The summed E-state index contributed by atoms with van der Waals surface area (Å²) < 4.78 is 30.9. The predicted molar refractivity (Wildman–Crippen MR) is 117 cm³/mol. The number of anilines is 2. The molecule has 2 aromatic rings. The largest absolute Gasteiger partial charge is 0.479 e. The van der Waals surface area contributed by atoms with Crippen molar-refractivity contribution in [2.45, 2.75) is 32.1 Å². The molecule has 0 radical (unpaired) electrons. The number of hydrogen-bond acceptors (Lipinski definition) is 6. The lowest BCUT2D eigenvalue weighted by atomic mass is 10.1. The van der Waals surface area contributed by atoms with Crippen molar-refractivity contribution in [2.24, 2.45) is 0 Å². The maximum atomic E-state index is 12.9. The van der Waals surface area contributed by atoms with Crippen molar-refractivity contribution >= 4 is 38.8 Å². The summed E-state index contributed by atoms with van der Waals surface area (Å²) in [4.78, 5) is 38.6. The topological polar surface area (TPSA) is 110 Å². The number of amides is 2. The lowest BCUT2D eigenvalue weighted by molar-refractivity contribution is -0.125. The van der Waals surface area contributed by atoms with Crippen LogP contribution in [0.4, 0.5) is 11.4 Å². The molecule has 0 fully saturated rings. The molecule has 0 saturated heterocycles. The van der Waals surface area contributed by atoms with E-state index in [1.54, 1.807) is 38.2 Å². The Kier molecular flexibility index (Phi) is 6.17. The molecule has 1 aliphatic rings. The Balaban J connectivity index is 1.75. The first kappa shape index (κ1) is 22.5. The first-order chi connectivity index (χ1) is 14.5. The van der Waals surface area contributed by atoms with Crippen LogP contribution in [-0.2, 0) is 19.4 Å². The molecule has 31 heavy (non-hydrogen) atoms.